The first-order chi connectivity index (χ1) is 10.3. The number of nitrogens with zero attached hydrogens (tertiary/aromatic N) is 2. The summed E-state index contributed by atoms with van der Waals surface area (Å²) in [4.78, 5) is 5.01. The number of rotatable bonds is 8. The maximum absolute atomic E-state index is 8.99. The Bertz CT molecular complexity index is 234. The van der Waals surface area contributed by atoms with Gasteiger partial charge in [0.15, 0.2) is 0 Å². The Hall–Kier alpha value is -0.160. The van der Waals surface area contributed by atoms with Crippen LogP contribution in [0, 0.1) is 11.8 Å². The molecule has 0 amide bonds. The molecule has 0 aromatic carbocycles. The van der Waals surface area contributed by atoms with E-state index in [9.17, 15) is 0 Å². The minimum Gasteiger partial charge on any atom is -0.396 e. The molecule has 2 aliphatic heterocycles. The topological polar surface area (TPSA) is 46.9 Å². The summed E-state index contributed by atoms with van der Waals surface area (Å²) in [5.74, 6) is 1.67. The molecule has 0 saturated carbocycles. The van der Waals surface area contributed by atoms with Crippen LogP contribution < -0.4 is 0 Å². The largest absolute Gasteiger partial charge is 0.396 e. The lowest BCUT2D eigenvalue weighted by atomic mass is 9.91. The third-order valence-corrected chi connectivity index (χ3v) is 5.45. The Morgan fingerprint density at radius 1 is 0.667 bits per heavy atom. The van der Waals surface area contributed by atoms with Crippen molar-refractivity contribution in [2.24, 2.45) is 11.8 Å². The molecule has 0 spiro atoms. The molecule has 0 bridgehead atoms. The summed E-state index contributed by atoms with van der Waals surface area (Å²) in [6.45, 7) is 7.61. The number of aliphatic hydroxyl groups excluding tert-OH is 2. The summed E-state index contributed by atoms with van der Waals surface area (Å²) in [6.07, 6.45) is 8.91. The van der Waals surface area contributed by atoms with E-state index >= 15 is 0 Å². The molecule has 2 aliphatic rings. The zero-order valence-corrected chi connectivity index (χ0v) is 13.6. The van der Waals surface area contributed by atoms with Crippen LogP contribution in [0.3, 0.4) is 0 Å². The van der Waals surface area contributed by atoms with Crippen LogP contribution in [0.25, 0.3) is 0 Å². The molecule has 2 fully saturated rings. The molecule has 124 valence electrons. The van der Waals surface area contributed by atoms with Crippen molar-refractivity contribution in [3.05, 3.63) is 0 Å². The fraction of sp³-hybridized carbons (Fsp3) is 1.00. The Morgan fingerprint density at radius 2 is 1.19 bits per heavy atom. The lowest BCUT2D eigenvalue weighted by Gasteiger charge is -2.33. The van der Waals surface area contributed by atoms with Crippen LogP contribution >= 0.6 is 0 Å². The number of piperidine rings is 2. The Kier molecular flexibility index (Phi) is 8.01. The van der Waals surface area contributed by atoms with Crippen molar-refractivity contribution in [2.75, 3.05) is 52.5 Å². The number of hydrogen-bond acceptors (Lipinski definition) is 4. The second-order valence-corrected chi connectivity index (χ2v) is 6.95. The SMILES string of the molecule is OCCC1CCN(CCCC2CCN(CCO)CC2)CC1. The third-order valence-electron chi connectivity index (χ3n) is 5.45. The summed E-state index contributed by atoms with van der Waals surface area (Å²) in [6, 6.07) is 0. The van der Waals surface area contributed by atoms with E-state index in [2.05, 4.69) is 9.80 Å². The van der Waals surface area contributed by atoms with Crippen LogP contribution in [0.4, 0.5) is 0 Å². The highest BCUT2D eigenvalue weighted by Gasteiger charge is 2.20. The van der Waals surface area contributed by atoms with Crippen LogP contribution in [0.15, 0.2) is 0 Å². The van der Waals surface area contributed by atoms with E-state index in [1.165, 1.54) is 71.2 Å². The Morgan fingerprint density at radius 3 is 1.71 bits per heavy atom. The van der Waals surface area contributed by atoms with E-state index in [1.807, 2.05) is 0 Å². The quantitative estimate of drug-likeness (QED) is 0.714. The van der Waals surface area contributed by atoms with Crippen molar-refractivity contribution in [3.8, 4) is 0 Å². The molecule has 4 heteroatoms. The summed E-state index contributed by atoms with van der Waals surface area (Å²) in [5, 5.41) is 18.0. The smallest absolute Gasteiger partial charge is 0.0558 e. The summed E-state index contributed by atoms with van der Waals surface area (Å²) in [5.41, 5.74) is 0. The van der Waals surface area contributed by atoms with Crippen molar-refractivity contribution < 1.29 is 10.2 Å². The monoisotopic (exact) mass is 298 g/mol. The molecule has 2 rings (SSSR count). The fourth-order valence-corrected chi connectivity index (χ4v) is 3.93. The zero-order valence-electron chi connectivity index (χ0n) is 13.6. The standard InChI is InChI=1S/C17H34N2O2/c20-14-7-17-5-9-18(10-6-17)8-1-2-16-3-11-19(12-4-16)13-15-21/h16-17,20-21H,1-15H2. The molecule has 2 saturated heterocycles. The van der Waals surface area contributed by atoms with Crippen LogP contribution in [0.2, 0.25) is 0 Å². The van der Waals surface area contributed by atoms with Crippen LogP contribution in [-0.4, -0.2) is 72.5 Å². The van der Waals surface area contributed by atoms with Gasteiger partial charge in [0.1, 0.15) is 0 Å². The van der Waals surface area contributed by atoms with Crippen molar-refractivity contribution in [3.63, 3.8) is 0 Å². The first-order valence-electron chi connectivity index (χ1n) is 8.98. The van der Waals surface area contributed by atoms with Gasteiger partial charge in [0.05, 0.1) is 6.61 Å². The normalized spacial score (nSPS) is 23.7. The summed E-state index contributed by atoms with van der Waals surface area (Å²) >= 11 is 0. The zero-order chi connectivity index (χ0) is 14.9. The number of hydrogen-bond donors (Lipinski definition) is 2. The highest BCUT2D eigenvalue weighted by Crippen LogP contribution is 2.23. The minimum atomic E-state index is 0.302. The van der Waals surface area contributed by atoms with Gasteiger partial charge in [-0.25, -0.2) is 0 Å². The number of likely N-dealkylation sites (tertiary alicyclic amines) is 2. The molecule has 0 radical (unpaired) electrons. The highest BCUT2D eigenvalue weighted by atomic mass is 16.3. The van der Waals surface area contributed by atoms with Crippen molar-refractivity contribution >= 4 is 0 Å². The molecule has 0 atom stereocenters. The molecule has 4 nitrogen and oxygen atoms in total. The molecule has 0 aliphatic carbocycles. The highest BCUT2D eigenvalue weighted by molar-refractivity contribution is 4.75. The molecule has 0 unspecified atom stereocenters. The van der Waals surface area contributed by atoms with Crippen molar-refractivity contribution in [1.82, 2.24) is 9.80 Å². The number of aliphatic hydroxyl groups is 2. The van der Waals surface area contributed by atoms with Gasteiger partial charge >= 0.3 is 0 Å². The van der Waals surface area contributed by atoms with Gasteiger partial charge in [-0.2, -0.15) is 0 Å². The Labute approximate surface area is 130 Å². The van der Waals surface area contributed by atoms with Gasteiger partial charge < -0.3 is 20.0 Å². The van der Waals surface area contributed by atoms with Crippen LogP contribution in [0.5, 0.6) is 0 Å². The maximum Gasteiger partial charge on any atom is 0.0558 e. The lowest BCUT2D eigenvalue weighted by molar-refractivity contribution is 0.134. The minimum absolute atomic E-state index is 0.302. The van der Waals surface area contributed by atoms with Gasteiger partial charge in [0.2, 0.25) is 0 Å². The van der Waals surface area contributed by atoms with Crippen LogP contribution in [0.1, 0.15) is 44.9 Å². The second kappa shape index (κ2) is 9.78. The Balaban J connectivity index is 1.51. The van der Waals surface area contributed by atoms with E-state index in [1.54, 1.807) is 0 Å². The molecule has 2 heterocycles. The van der Waals surface area contributed by atoms with Gasteiger partial charge in [-0.15, -0.1) is 0 Å². The van der Waals surface area contributed by atoms with Gasteiger partial charge in [0.25, 0.3) is 0 Å². The average Bonchev–Trinajstić information content (AvgIpc) is 2.51. The first-order valence-corrected chi connectivity index (χ1v) is 8.98. The summed E-state index contributed by atoms with van der Waals surface area (Å²) < 4.78 is 0. The molecular formula is C17H34N2O2. The number of β-amino-alcohol motifs (C(OH)–C–C–N with tert-alkyl or cyclic N) is 1. The van der Waals surface area contributed by atoms with E-state index < -0.39 is 0 Å². The first kappa shape index (κ1) is 17.2. The molecule has 2 N–H and O–H groups in total. The van der Waals surface area contributed by atoms with Crippen LogP contribution in [-0.2, 0) is 0 Å². The maximum atomic E-state index is 8.99. The average molecular weight is 298 g/mol. The van der Waals surface area contributed by atoms with Gasteiger partial charge in [-0.3, -0.25) is 0 Å². The molecular weight excluding hydrogens is 264 g/mol. The molecule has 0 aromatic rings. The van der Waals surface area contributed by atoms with E-state index in [0.29, 0.717) is 13.2 Å². The van der Waals surface area contributed by atoms with Gasteiger partial charge in [-0.05, 0) is 89.5 Å². The van der Waals surface area contributed by atoms with E-state index in [-0.39, 0.29) is 0 Å². The predicted octanol–water partition coefficient (Wildman–Crippen LogP) is 1.57. The third kappa shape index (κ3) is 6.23. The van der Waals surface area contributed by atoms with Crippen molar-refractivity contribution in [2.45, 2.75) is 44.9 Å². The molecule has 21 heavy (non-hydrogen) atoms. The second-order valence-electron chi connectivity index (χ2n) is 6.95. The van der Waals surface area contributed by atoms with Crippen molar-refractivity contribution in [1.29, 1.82) is 0 Å². The van der Waals surface area contributed by atoms with E-state index in [0.717, 1.165) is 24.8 Å². The van der Waals surface area contributed by atoms with Gasteiger partial charge in [-0.1, -0.05) is 0 Å². The predicted molar refractivity (Wildman–Crippen MR) is 86.4 cm³/mol. The molecule has 0 aromatic heterocycles. The fourth-order valence-electron chi connectivity index (χ4n) is 3.93. The summed E-state index contributed by atoms with van der Waals surface area (Å²) in [7, 11) is 0. The van der Waals surface area contributed by atoms with Gasteiger partial charge in [0, 0.05) is 13.2 Å². The lowest BCUT2D eigenvalue weighted by Crippen LogP contribution is -2.36. The van der Waals surface area contributed by atoms with E-state index in [4.69, 9.17) is 10.2 Å².